The Morgan fingerprint density at radius 3 is 3.12 bits per heavy atom. The molecule has 24 heavy (non-hydrogen) atoms. The van der Waals surface area contributed by atoms with Gasteiger partial charge in [0, 0.05) is 11.8 Å². The van der Waals surface area contributed by atoms with Crippen LogP contribution in [0, 0.1) is 11.5 Å². The van der Waals surface area contributed by atoms with Gasteiger partial charge in [0.15, 0.2) is 11.9 Å². The average Bonchev–Trinajstić information content (AvgIpc) is 3.26. The summed E-state index contributed by atoms with van der Waals surface area (Å²) < 4.78 is 1.65. The Morgan fingerprint density at radius 1 is 1.46 bits per heavy atom. The van der Waals surface area contributed by atoms with Crippen LogP contribution < -0.4 is 5.32 Å². The topological polar surface area (TPSA) is 102 Å². The molecule has 1 amide bonds. The number of aromatic amines is 1. The van der Waals surface area contributed by atoms with Gasteiger partial charge in [0.25, 0.3) is 5.91 Å². The fraction of sp³-hybridized carbons (Fsp3) is 0.200. The zero-order chi connectivity index (χ0) is 16.7. The van der Waals surface area contributed by atoms with Crippen LogP contribution >= 0.6 is 11.6 Å². The van der Waals surface area contributed by atoms with Gasteiger partial charge in [-0.15, -0.1) is 0 Å². The summed E-state index contributed by atoms with van der Waals surface area (Å²) in [6.45, 7) is 1.27. The summed E-state index contributed by atoms with van der Waals surface area (Å²) in [7, 11) is 0. The van der Waals surface area contributed by atoms with E-state index >= 15 is 0 Å². The minimum atomic E-state index is -0.365. The average molecular weight is 342 g/mol. The third kappa shape index (κ3) is 2.26. The van der Waals surface area contributed by atoms with Gasteiger partial charge in [-0.05, 0) is 12.1 Å². The minimum Gasteiger partial charge on any atom is -0.345 e. The van der Waals surface area contributed by atoms with E-state index in [4.69, 9.17) is 16.9 Å². The lowest BCUT2D eigenvalue weighted by atomic mass is 10.2. The SMILES string of the molecule is N#CN1Cc2[nH]nc(CNC(=O)c3nc4ccccn4c3Cl)c2C1. The highest BCUT2D eigenvalue weighted by atomic mass is 35.5. The number of hydrogen-bond acceptors (Lipinski definition) is 5. The molecule has 4 heterocycles. The van der Waals surface area contributed by atoms with E-state index in [2.05, 4.69) is 26.7 Å². The van der Waals surface area contributed by atoms with E-state index in [0.717, 1.165) is 17.0 Å². The lowest BCUT2D eigenvalue weighted by molar-refractivity contribution is 0.0946. The van der Waals surface area contributed by atoms with E-state index in [1.165, 1.54) is 0 Å². The molecule has 2 N–H and O–H groups in total. The number of nitriles is 1. The number of fused-ring (bicyclic) bond motifs is 2. The second-order valence-corrected chi connectivity index (χ2v) is 5.80. The van der Waals surface area contributed by atoms with Crippen LogP contribution in [0.3, 0.4) is 0 Å². The van der Waals surface area contributed by atoms with Crippen molar-refractivity contribution in [3.8, 4) is 6.19 Å². The van der Waals surface area contributed by atoms with Gasteiger partial charge in [0.2, 0.25) is 0 Å². The van der Waals surface area contributed by atoms with Gasteiger partial charge in [-0.3, -0.25) is 14.3 Å². The Hall–Kier alpha value is -3.05. The monoisotopic (exact) mass is 341 g/mol. The number of pyridine rings is 1. The largest absolute Gasteiger partial charge is 0.345 e. The summed E-state index contributed by atoms with van der Waals surface area (Å²) in [5.74, 6) is -0.365. The van der Waals surface area contributed by atoms with Gasteiger partial charge in [0.05, 0.1) is 31.0 Å². The molecule has 3 aromatic heterocycles. The van der Waals surface area contributed by atoms with Gasteiger partial charge < -0.3 is 10.2 Å². The summed E-state index contributed by atoms with van der Waals surface area (Å²) in [5, 5.41) is 19.1. The Balaban J connectivity index is 1.52. The molecule has 0 spiro atoms. The van der Waals surface area contributed by atoms with Crippen molar-refractivity contribution in [1.29, 1.82) is 5.26 Å². The molecule has 0 aromatic carbocycles. The summed E-state index contributed by atoms with van der Waals surface area (Å²) >= 11 is 6.22. The number of nitrogens with one attached hydrogen (secondary N) is 2. The maximum Gasteiger partial charge on any atom is 0.273 e. The van der Waals surface area contributed by atoms with Crippen molar-refractivity contribution >= 4 is 23.2 Å². The van der Waals surface area contributed by atoms with Crippen molar-refractivity contribution in [3.05, 3.63) is 52.2 Å². The van der Waals surface area contributed by atoms with Crippen LogP contribution in [0.4, 0.5) is 0 Å². The Labute approximate surface area is 141 Å². The normalized spacial score (nSPS) is 13.1. The molecule has 3 aromatic rings. The summed E-state index contributed by atoms with van der Waals surface area (Å²) in [6, 6.07) is 5.42. The first-order valence-electron chi connectivity index (χ1n) is 7.28. The van der Waals surface area contributed by atoms with Gasteiger partial charge >= 0.3 is 0 Å². The molecule has 8 nitrogen and oxygen atoms in total. The molecule has 120 valence electrons. The second-order valence-electron chi connectivity index (χ2n) is 5.45. The van der Waals surface area contributed by atoms with Crippen LogP contribution in [0.1, 0.15) is 27.4 Å². The molecule has 0 atom stereocenters. The predicted molar refractivity (Wildman–Crippen MR) is 84.8 cm³/mol. The number of amides is 1. The highest BCUT2D eigenvalue weighted by Gasteiger charge is 2.24. The smallest absolute Gasteiger partial charge is 0.273 e. The highest BCUT2D eigenvalue weighted by Crippen LogP contribution is 2.23. The molecular weight excluding hydrogens is 330 g/mol. The number of nitrogens with zero attached hydrogens (tertiary/aromatic N) is 5. The van der Waals surface area contributed by atoms with E-state index in [1.54, 1.807) is 21.6 Å². The van der Waals surface area contributed by atoms with Crippen molar-refractivity contribution < 1.29 is 4.79 Å². The first kappa shape index (κ1) is 14.5. The number of carbonyl (C=O) groups excluding carboxylic acids is 1. The van der Waals surface area contributed by atoms with Gasteiger partial charge in [0.1, 0.15) is 10.8 Å². The molecule has 1 aliphatic heterocycles. The molecule has 0 aliphatic carbocycles. The fourth-order valence-corrected chi connectivity index (χ4v) is 3.05. The maximum absolute atomic E-state index is 12.4. The number of imidazole rings is 1. The van der Waals surface area contributed by atoms with E-state index in [-0.39, 0.29) is 23.3 Å². The van der Waals surface area contributed by atoms with Crippen molar-refractivity contribution in [1.82, 2.24) is 29.8 Å². The number of rotatable bonds is 3. The molecule has 1 aliphatic rings. The zero-order valence-corrected chi connectivity index (χ0v) is 13.2. The first-order valence-corrected chi connectivity index (χ1v) is 7.65. The molecular formula is C15H12ClN7O. The minimum absolute atomic E-state index is 0.175. The molecule has 0 saturated carbocycles. The first-order chi connectivity index (χ1) is 11.7. The van der Waals surface area contributed by atoms with Crippen molar-refractivity contribution in [2.75, 3.05) is 0 Å². The fourth-order valence-electron chi connectivity index (χ4n) is 2.77. The molecule has 9 heteroatoms. The molecule has 0 unspecified atom stereocenters. The Kier molecular flexibility index (Phi) is 3.36. The maximum atomic E-state index is 12.4. The molecule has 0 radical (unpaired) electrons. The molecule has 0 saturated heterocycles. The third-order valence-corrected chi connectivity index (χ3v) is 4.34. The lowest BCUT2D eigenvalue weighted by Crippen LogP contribution is -2.24. The molecule has 0 fully saturated rings. The number of carbonyl (C=O) groups is 1. The summed E-state index contributed by atoms with van der Waals surface area (Å²) in [4.78, 5) is 18.2. The second kappa shape index (κ2) is 5.54. The van der Waals surface area contributed by atoms with E-state index in [0.29, 0.717) is 18.7 Å². The third-order valence-electron chi connectivity index (χ3n) is 3.98. The quantitative estimate of drug-likeness (QED) is 0.702. The van der Waals surface area contributed by atoms with Gasteiger partial charge in [-0.2, -0.15) is 10.4 Å². The van der Waals surface area contributed by atoms with E-state index in [9.17, 15) is 4.79 Å². The highest BCUT2D eigenvalue weighted by molar-refractivity contribution is 6.32. The summed E-state index contributed by atoms with van der Waals surface area (Å²) in [5.41, 5.74) is 3.37. The summed E-state index contributed by atoms with van der Waals surface area (Å²) in [6.07, 6.45) is 3.85. The van der Waals surface area contributed by atoms with Crippen molar-refractivity contribution in [3.63, 3.8) is 0 Å². The number of hydrogen-bond donors (Lipinski definition) is 2. The lowest BCUT2D eigenvalue weighted by Gasteiger charge is -2.05. The number of halogens is 1. The van der Waals surface area contributed by atoms with Crippen LogP contribution in [0.25, 0.3) is 5.65 Å². The van der Waals surface area contributed by atoms with Crippen molar-refractivity contribution in [2.24, 2.45) is 0 Å². The standard InChI is InChI=1S/C15H12ClN7O/c16-14-13(19-12-3-1-2-4-23(12)14)15(24)18-5-10-9-6-22(8-17)7-11(9)21-20-10/h1-4H,5-7H2,(H,18,24)(H,20,21). The van der Waals surface area contributed by atoms with Crippen LogP contribution in [-0.2, 0) is 19.6 Å². The Morgan fingerprint density at radius 2 is 2.33 bits per heavy atom. The van der Waals surface area contributed by atoms with Crippen LogP contribution in [0.5, 0.6) is 0 Å². The number of aromatic nitrogens is 4. The number of H-pyrrole nitrogens is 1. The van der Waals surface area contributed by atoms with Gasteiger partial charge in [-0.25, -0.2) is 4.98 Å². The molecule has 0 bridgehead atoms. The van der Waals surface area contributed by atoms with E-state index < -0.39 is 0 Å². The Bertz CT molecular complexity index is 984. The zero-order valence-electron chi connectivity index (χ0n) is 12.5. The van der Waals surface area contributed by atoms with E-state index in [1.807, 2.05) is 12.1 Å². The van der Waals surface area contributed by atoms with Gasteiger partial charge in [-0.1, -0.05) is 17.7 Å². The van der Waals surface area contributed by atoms with Crippen LogP contribution in [-0.4, -0.2) is 30.4 Å². The predicted octanol–water partition coefficient (Wildman–Crippen LogP) is 1.44. The van der Waals surface area contributed by atoms with Crippen LogP contribution in [0.2, 0.25) is 5.15 Å². The molecule has 4 rings (SSSR count). The van der Waals surface area contributed by atoms with Crippen LogP contribution in [0.15, 0.2) is 24.4 Å². The van der Waals surface area contributed by atoms with Crippen molar-refractivity contribution in [2.45, 2.75) is 19.6 Å².